The normalized spacial score (nSPS) is 13.1. The van der Waals surface area contributed by atoms with Crippen molar-refractivity contribution in [1.82, 2.24) is 20.4 Å². The van der Waals surface area contributed by atoms with E-state index in [1.54, 1.807) is 25.1 Å². The third-order valence-corrected chi connectivity index (χ3v) is 4.10. The van der Waals surface area contributed by atoms with Crippen molar-refractivity contribution in [2.24, 2.45) is 4.99 Å². The number of aliphatic imine (C=N–C) groups is 1. The monoisotopic (exact) mass is 355 g/mol. The van der Waals surface area contributed by atoms with Gasteiger partial charge in [-0.25, -0.2) is 4.99 Å². The fraction of sp³-hybridized carbons (Fsp3) is 0.333. The summed E-state index contributed by atoms with van der Waals surface area (Å²) in [5.74, 6) is 0.982. The summed E-state index contributed by atoms with van der Waals surface area (Å²) in [5, 5.41) is 11.6. The van der Waals surface area contributed by atoms with Gasteiger partial charge in [-0.15, -0.1) is 0 Å². The van der Waals surface area contributed by atoms with Crippen LogP contribution < -0.4 is 10.1 Å². The largest absolute Gasteiger partial charge is 0.437 e. The fourth-order valence-corrected chi connectivity index (χ4v) is 2.28. The average Bonchev–Trinajstić information content (AvgIpc) is 2.95. The van der Waals surface area contributed by atoms with E-state index in [2.05, 4.69) is 20.5 Å². The lowest BCUT2D eigenvalue weighted by Gasteiger charge is -2.15. The highest BCUT2D eigenvalue weighted by Crippen LogP contribution is 2.36. The van der Waals surface area contributed by atoms with E-state index in [0.717, 1.165) is 16.5 Å². The number of nitrogens with zero attached hydrogens (tertiary/aromatic N) is 3. The van der Waals surface area contributed by atoms with Crippen molar-refractivity contribution in [2.45, 2.75) is 13.8 Å². The highest BCUT2D eigenvalue weighted by Gasteiger charge is 2.15. The van der Waals surface area contributed by atoms with E-state index in [4.69, 9.17) is 27.9 Å². The van der Waals surface area contributed by atoms with Crippen LogP contribution >= 0.6 is 23.2 Å². The standard InChI is InChI=1S/C15H19Cl2N5O/c1-8-6-11-10(7-19-21-11)13(12(8)16)23-14(18-3)9(2)20-15(17)22(4)5/h6-7,18H,1-5H3,(H,19,21)/b14-9-,20-15-. The van der Waals surface area contributed by atoms with Crippen molar-refractivity contribution < 1.29 is 4.74 Å². The molecule has 0 saturated heterocycles. The second-order valence-electron chi connectivity index (χ2n) is 5.21. The Morgan fingerprint density at radius 2 is 2.13 bits per heavy atom. The molecule has 2 N–H and O–H groups in total. The summed E-state index contributed by atoms with van der Waals surface area (Å²) in [5.41, 5.74) is 2.34. The van der Waals surface area contributed by atoms with E-state index in [-0.39, 0.29) is 0 Å². The fourth-order valence-electron chi connectivity index (χ4n) is 1.96. The molecule has 0 aliphatic carbocycles. The van der Waals surface area contributed by atoms with Crippen molar-refractivity contribution in [3.63, 3.8) is 0 Å². The summed E-state index contributed by atoms with van der Waals surface area (Å²) in [7, 11) is 5.37. The molecule has 0 atom stereocenters. The Hall–Kier alpha value is -1.92. The summed E-state index contributed by atoms with van der Waals surface area (Å²) >= 11 is 12.5. The van der Waals surface area contributed by atoms with Crippen LogP contribution in [0.3, 0.4) is 0 Å². The number of H-pyrrole nitrogens is 1. The molecule has 8 heteroatoms. The van der Waals surface area contributed by atoms with Crippen LogP contribution in [0.15, 0.2) is 28.8 Å². The molecule has 1 aromatic heterocycles. The maximum Gasteiger partial charge on any atom is 0.214 e. The van der Waals surface area contributed by atoms with Gasteiger partial charge in [-0.2, -0.15) is 5.10 Å². The van der Waals surface area contributed by atoms with Crippen molar-refractivity contribution in [1.29, 1.82) is 0 Å². The lowest BCUT2D eigenvalue weighted by Crippen LogP contribution is -2.18. The Balaban J connectivity index is 2.49. The maximum atomic E-state index is 6.40. The number of aromatic nitrogens is 2. The molecule has 0 saturated carbocycles. The maximum absolute atomic E-state index is 6.40. The van der Waals surface area contributed by atoms with E-state index in [9.17, 15) is 0 Å². The molecule has 124 valence electrons. The first-order valence-corrected chi connectivity index (χ1v) is 7.71. The van der Waals surface area contributed by atoms with Crippen LogP contribution in [0.25, 0.3) is 10.9 Å². The highest BCUT2D eigenvalue weighted by atomic mass is 35.5. The Bertz CT molecular complexity index is 780. The van der Waals surface area contributed by atoms with Gasteiger partial charge >= 0.3 is 0 Å². The van der Waals surface area contributed by atoms with Gasteiger partial charge < -0.3 is 15.0 Å². The Morgan fingerprint density at radius 3 is 2.74 bits per heavy atom. The number of allylic oxidation sites excluding steroid dienone is 1. The predicted octanol–water partition coefficient (Wildman–Crippen LogP) is 3.47. The van der Waals surface area contributed by atoms with Crippen LogP contribution in [0.5, 0.6) is 5.75 Å². The third-order valence-electron chi connectivity index (χ3n) is 3.21. The predicted molar refractivity (Wildman–Crippen MR) is 95.2 cm³/mol. The van der Waals surface area contributed by atoms with Gasteiger partial charge in [-0.1, -0.05) is 11.6 Å². The molecule has 0 spiro atoms. The van der Waals surface area contributed by atoms with E-state index < -0.39 is 0 Å². The van der Waals surface area contributed by atoms with Gasteiger partial charge in [-0.05, 0) is 37.1 Å². The topological polar surface area (TPSA) is 65.5 Å². The van der Waals surface area contributed by atoms with Crippen molar-refractivity contribution in [3.8, 4) is 5.75 Å². The Morgan fingerprint density at radius 1 is 1.43 bits per heavy atom. The number of nitrogens with one attached hydrogen (secondary N) is 2. The quantitative estimate of drug-likeness (QED) is 0.381. The zero-order chi connectivity index (χ0) is 17.1. The molecule has 1 heterocycles. The van der Waals surface area contributed by atoms with E-state index in [1.165, 1.54) is 0 Å². The van der Waals surface area contributed by atoms with Crippen molar-refractivity contribution in [2.75, 3.05) is 21.1 Å². The Labute approximate surface area is 145 Å². The number of aromatic amines is 1. The van der Waals surface area contributed by atoms with Crippen LogP contribution in [-0.4, -0.2) is 41.5 Å². The second-order valence-corrected chi connectivity index (χ2v) is 5.93. The first kappa shape index (κ1) is 17.4. The number of fused-ring (bicyclic) bond motifs is 1. The molecule has 0 aliphatic rings. The minimum atomic E-state index is 0.350. The van der Waals surface area contributed by atoms with Crippen molar-refractivity contribution in [3.05, 3.63) is 34.4 Å². The van der Waals surface area contributed by atoms with Crippen molar-refractivity contribution >= 4 is 39.4 Å². The van der Waals surface area contributed by atoms with Gasteiger partial charge in [0.25, 0.3) is 0 Å². The highest BCUT2D eigenvalue weighted by molar-refractivity contribution is 6.64. The van der Waals surface area contributed by atoms with Crippen LogP contribution in [0.4, 0.5) is 0 Å². The minimum absolute atomic E-state index is 0.350. The number of amidine groups is 1. The van der Waals surface area contributed by atoms with E-state index in [0.29, 0.717) is 27.6 Å². The molecular weight excluding hydrogens is 337 g/mol. The number of rotatable bonds is 4. The smallest absolute Gasteiger partial charge is 0.214 e. The number of ether oxygens (including phenoxy) is 1. The first-order valence-electron chi connectivity index (χ1n) is 6.95. The minimum Gasteiger partial charge on any atom is -0.437 e. The molecule has 0 fully saturated rings. The van der Waals surface area contributed by atoms with Crippen LogP contribution in [-0.2, 0) is 0 Å². The lowest BCUT2D eigenvalue weighted by molar-refractivity contribution is 0.388. The zero-order valence-electron chi connectivity index (χ0n) is 13.7. The number of benzene rings is 1. The van der Waals surface area contributed by atoms with Crippen LogP contribution in [0.2, 0.25) is 5.02 Å². The molecule has 23 heavy (non-hydrogen) atoms. The molecule has 0 aliphatic heterocycles. The SMILES string of the molecule is CN/C(Oc1c(Cl)c(C)cc2[nH]ncc12)=C(C)/N=C(/Cl)N(C)C. The molecule has 2 aromatic rings. The summed E-state index contributed by atoms with van der Waals surface area (Å²) < 4.78 is 5.98. The van der Waals surface area contributed by atoms with Gasteiger partial charge in [0.2, 0.25) is 5.88 Å². The third kappa shape index (κ3) is 3.71. The van der Waals surface area contributed by atoms with Gasteiger partial charge in [0.1, 0.15) is 5.70 Å². The summed E-state index contributed by atoms with van der Waals surface area (Å²) in [6, 6.07) is 1.92. The zero-order valence-corrected chi connectivity index (χ0v) is 15.2. The number of hydrogen-bond acceptors (Lipinski definition) is 4. The number of halogens is 2. The number of hydrogen-bond donors (Lipinski definition) is 2. The summed E-state index contributed by atoms with van der Waals surface area (Å²) in [6.45, 7) is 3.71. The van der Waals surface area contributed by atoms with Gasteiger partial charge in [0, 0.05) is 21.1 Å². The summed E-state index contributed by atoms with van der Waals surface area (Å²) in [4.78, 5) is 6.00. The molecule has 1 aromatic carbocycles. The molecule has 0 radical (unpaired) electrons. The van der Waals surface area contributed by atoms with Gasteiger partial charge in [-0.3, -0.25) is 5.10 Å². The molecule has 0 unspecified atom stereocenters. The molecule has 0 bridgehead atoms. The number of aryl methyl sites for hydroxylation is 1. The molecule has 0 amide bonds. The second kappa shape index (κ2) is 7.10. The average molecular weight is 356 g/mol. The summed E-state index contributed by atoms with van der Waals surface area (Å²) in [6.07, 6.45) is 1.68. The van der Waals surface area contributed by atoms with E-state index in [1.807, 2.05) is 27.1 Å². The first-order chi connectivity index (χ1) is 10.8. The molecule has 6 nitrogen and oxygen atoms in total. The van der Waals surface area contributed by atoms with Gasteiger partial charge in [0.05, 0.1) is 22.1 Å². The van der Waals surface area contributed by atoms with Gasteiger partial charge in [0.15, 0.2) is 11.0 Å². The van der Waals surface area contributed by atoms with Crippen LogP contribution in [0.1, 0.15) is 12.5 Å². The lowest BCUT2D eigenvalue weighted by atomic mass is 10.1. The van der Waals surface area contributed by atoms with Crippen LogP contribution in [0, 0.1) is 6.92 Å². The van der Waals surface area contributed by atoms with E-state index >= 15 is 0 Å². The molecule has 2 rings (SSSR count). The Kier molecular flexibility index (Phi) is 5.38. The molecular formula is C15H19Cl2N5O.